The molecule has 1 saturated heterocycles. The smallest absolute Gasteiger partial charge is 0.337 e. The minimum atomic E-state index is -1.10. The monoisotopic (exact) mass is 451 g/mol. The number of amides is 1. The first-order valence-corrected chi connectivity index (χ1v) is 10.7. The van der Waals surface area contributed by atoms with E-state index in [1.54, 1.807) is 21.0 Å². The van der Waals surface area contributed by atoms with Gasteiger partial charge in [0.05, 0.1) is 17.7 Å². The van der Waals surface area contributed by atoms with E-state index in [0.717, 1.165) is 12.1 Å². The first kappa shape index (κ1) is 24.3. The summed E-state index contributed by atoms with van der Waals surface area (Å²) in [5.74, 6) is -3.24. The van der Waals surface area contributed by atoms with Gasteiger partial charge in [-0.15, -0.1) is 0 Å². The minimum absolute atomic E-state index is 0.00148. The predicted octanol–water partition coefficient (Wildman–Crippen LogP) is 2.78. The first-order valence-electron chi connectivity index (χ1n) is 10.7. The molecule has 1 amide bonds. The largest absolute Gasteiger partial charge is 0.460 e. The first-order chi connectivity index (χ1) is 15.0. The lowest BCUT2D eigenvalue weighted by atomic mass is 9.70. The van der Waals surface area contributed by atoms with Gasteiger partial charge in [0, 0.05) is 44.0 Å². The maximum atomic E-state index is 13.8. The summed E-state index contributed by atoms with van der Waals surface area (Å²) in [7, 11) is 1.63. The Morgan fingerprint density at radius 1 is 1.22 bits per heavy atom. The molecule has 32 heavy (non-hydrogen) atoms. The van der Waals surface area contributed by atoms with Gasteiger partial charge >= 0.3 is 5.97 Å². The molecule has 3 unspecified atom stereocenters. The van der Waals surface area contributed by atoms with Crippen LogP contribution in [0.25, 0.3) is 0 Å². The normalized spacial score (nSPS) is 24.7. The molecule has 0 bridgehead atoms. The average Bonchev–Trinajstić information content (AvgIpc) is 3.10. The van der Waals surface area contributed by atoms with Crippen molar-refractivity contribution >= 4 is 11.9 Å². The summed E-state index contributed by atoms with van der Waals surface area (Å²) in [6, 6.07) is 2.62. The van der Waals surface area contributed by atoms with Gasteiger partial charge in [0.2, 0.25) is 0 Å². The van der Waals surface area contributed by atoms with E-state index in [1.807, 2.05) is 13.8 Å². The van der Waals surface area contributed by atoms with Crippen molar-refractivity contribution in [2.75, 3.05) is 20.3 Å². The fourth-order valence-electron chi connectivity index (χ4n) is 4.60. The van der Waals surface area contributed by atoms with E-state index in [4.69, 9.17) is 9.47 Å². The number of carbonyl (C=O) groups excluding carboxylic acids is 2. The molecular weight excluding hydrogens is 420 g/mol. The number of esters is 1. The number of halogens is 2. The van der Waals surface area contributed by atoms with E-state index in [2.05, 4.69) is 10.9 Å². The number of methoxy groups -OCH3 is 1. The third kappa shape index (κ3) is 5.00. The highest BCUT2D eigenvalue weighted by molar-refractivity contribution is 5.97. The van der Waals surface area contributed by atoms with Crippen molar-refractivity contribution in [1.82, 2.24) is 15.8 Å². The molecule has 0 radical (unpaired) electrons. The Bertz CT molecular complexity index is 903. The van der Waals surface area contributed by atoms with Crippen LogP contribution in [0.15, 0.2) is 30.0 Å². The minimum Gasteiger partial charge on any atom is -0.460 e. The highest BCUT2D eigenvalue weighted by Crippen LogP contribution is 2.42. The summed E-state index contributed by atoms with van der Waals surface area (Å²) in [6.07, 6.45) is 1.85. The third-order valence-corrected chi connectivity index (χ3v) is 5.97. The summed E-state index contributed by atoms with van der Waals surface area (Å²) >= 11 is 0. The van der Waals surface area contributed by atoms with Crippen molar-refractivity contribution in [1.29, 1.82) is 0 Å². The SMILES string of the molecule is COCCC1NNC2C(C(=O)OC(C)C)=CN(C(=O)c3ccc(F)c(F)c3)CC(C)(C)C12. The molecule has 0 aromatic heterocycles. The lowest BCUT2D eigenvalue weighted by molar-refractivity contribution is -0.143. The van der Waals surface area contributed by atoms with Gasteiger partial charge in [-0.3, -0.25) is 10.2 Å². The molecule has 3 rings (SSSR count). The molecule has 1 fully saturated rings. The molecule has 0 saturated carbocycles. The van der Waals surface area contributed by atoms with E-state index in [9.17, 15) is 18.4 Å². The summed E-state index contributed by atoms with van der Waals surface area (Å²) in [4.78, 5) is 27.7. The second kappa shape index (κ2) is 9.64. The third-order valence-electron chi connectivity index (χ3n) is 5.97. The highest BCUT2D eigenvalue weighted by atomic mass is 19.2. The zero-order valence-corrected chi connectivity index (χ0v) is 19.1. The van der Waals surface area contributed by atoms with E-state index < -0.39 is 35.0 Å². The predicted molar refractivity (Wildman–Crippen MR) is 114 cm³/mol. The number of nitrogens with one attached hydrogen (secondary N) is 2. The Morgan fingerprint density at radius 3 is 2.56 bits per heavy atom. The Balaban J connectivity index is 2.02. The Morgan fingerprint density at radius 2 is 1.94 bits per heavy atom. The standard InChI is InChI=1S/C23H31F2N3O4/c1-13(2)32-22(30)15-11-28(21(29)14-6-7-16(24)17(25)10-14)12-23(3,4)19-18(8-9-31-5)26-27-20(15)19/h6-7,10-11,13,18-20,26-27H,8-9,12H2,1-5H3. The fraction of sp³-hybridized carbons (Fsp3) is 0.565. The van der Waals surface area contributed by atoms with E-state index >= 15 is 0 Å². The van der Waals surface area contributed by atoms with Crippen LogP contribution in [0.5, 0.6) is 0 Å². The van der Waals surface area contributed by atoms with E-state index in [0.29, 0.717) is 18.6 Å². The van der Waals surface area contributed by atoms with Crippen LogP contribution in [0, 0.1) is 23.0 Å². The molecule has 2 aliphatic rings. The summed E-state index contributed by atoms with van der Waals surface area (Å²) in [5, 5.41) is 0. The number of nitrogens with zero attached hydrogens (tertiary/aromatic N) is 1. The van der Waals surface area contributed by atoms with Gasteiger partial charge < -0.3 is 14.4 Å². The molecule has 176 valence electrons. The van der Waals surface area contributed by atoms with Gasteiger partial charge in [-0.25, -0.2) is 19.0 Å². The number of hydrogen-bond acceptors (Lipinski definition) is 6. The highest BCUT2D eigenvalue weighted by Gasteiger charge is 2.50. The number of rotatable bonds is 6. The molecule has 0 spiro atoms. The van der Waals surface area contributed by atoms with Crippen LogP contribution >= 0.6 is 0 Å². The van der Waals surface area contributed by atoms with Crippen molar-refractivity contribution in [2.45, 2.75) is 52.3 Å². The van der Waals surface area contributed by atoms with Crippen LogP contribution in [0.4, 0.5) is 8.78 Å². The number of hydrogen-bond donors (Lipinski definition) is 2. The molecule has 9 heteroatoms. The van der Waals surface area contributed by atoms with Crippen LogP contribution in [0.3, 0.4) is 0 Å². The number of fused-ring (bicyclic) bond motifs is 1. The Kier molecular flexibility index (Phi) is 7.32. The topological polar surface area (TPSA) is 79.9 Å². The second-order valence-electron chi connectivity index (χ2n) is 9.27. The van der Waals surface area contributed by atoms with Gasteiger partial charge in [0.25, 0.3) is 5.91 Å². The quantitative estimate of drug-likeness (QED) is 0.648. The number of benzene rings is 1. The molecule has 7 nitrogen and oxygen atoms in total. The number of ether oxygens (including phenoxy) is 2. The van der Waals surface area contributed by atoms with E-state index in [1.165, 1.54) is 17.2 Å². The Hall–Kier alpha value is -2.36. The molecule has 2 N–H and O–H groups in total. The Labute approximate surface area is 187 Å². The lowest BCUT2D eigenvalue weighted by Crippen LogP contribution is -2.45. The molecule has 2 heterocycles. The van der Waals surface area contributed by atoms with Gasteiger partial charge in [-0.1, -0.05) is 13.8 Å². The van der Waals surface area contributed by atoms with Crippen LogP contribution in [-0.2, 0) is 14.3 Å². The maximum Gasteiger partial charge on any atom is 0.337 e. The van der Waals surface area contributed by atoms with E-state index in [-0.39, 0.29) is 30.2 Å². The molecule has 1 aromatic carbocycles. The van der Waals surface area contributed by atoms with Crippen LogP contribution in [-0.4, -0.2) is 55.2 Å². The van der Waals surface area contributed by atoms with Crippen LogP contribution in [0.2, 0.25) is 0 Å². The molecular formula is C23H31F2N3O4. The summed E-state index contributed by atoms with van der Waals surface area (Å²) in [6.45, 7) is 8.36. The van der Waals surface area contributed by atoms with Gasteiger partial charge in [-0.05, 0) is 43.9 Å². The maximum absolute atomic E-state index is 13.8. The zero-order chi connectivity index (χ0) is 23.6. The molecule has 0 aliphatic carbocycles. The lowest BCUT2D eigenvalue weighted by Gasteiger charge is -2.38. The van der Waals surface area contributed by atoms with Crippen molar-refractivity contribution in [3.05, 3.63) is 47.2 Å². The zero-order valence-electron chi connectivity index (χ0n) is 19.1. The van der Waals surface area contributed by atoms with Crippen molar-refractivity contribution in [2.24, 2.45) is 11.3 Å². The van der Waals surface area contributed by atoms with Crippen molar-refractivity contribution in [3.63, 3.8) is 0 Å². The molecule has 2 aliphatic heterocycles. The number of hydrazine groups is 1. The van der Waals surface area contributed by atoms with Crippen molar-refractivity contribution < 1.29 is 27.8 Å². The number of carbonyl (C=O) groups is 2. The van der Waals surface area contributed by atoms with Gasteiger partial charge in [0.1, 0.15) is 0 Å². The fourth-order valence-corrected chi connectivity index (χ4v) is 4.60. The summed E-state index contributed by atoms with van der Waals surface area (Å²) in [5.41, 5.74) is 6.35. The van der Waals surface area contributed by atoms with Gasteiger partial charge in [-0.2, -0.15) is 0 Å². The van der Waals surface area contributed by atoms with Crippen LogP contribution < -0.4 is 10.9 Å². The summed E-state index contributed by atoms with van der Waals surface area (Å²) < 4.78 is 37.9. The van der Waals surface area contributed by atoms with Crippen molar-refractivity contribution in [3.8, 4) is 0 Å². The molecule has 1 aromatic rings. The average molecular weight is 452 g/mol. The second-order valence-corrected chi connectivity index (χ2v) is 9.27. The van der Waals surface area contributed by atoms with Crippen LogP contribution in [0.1, 0.15) is 44.5 Å². The molecule has 3 atom stereocenters. The van der Waals surface area contributed by atoms with Gasteiger partial charge in [0.15, 0.2) is 11.6 Å².